The molecule has 0 amide bonds. The second kappa shape index (κ2) is 10.0. The van der Waals surface area contributed by atoms with E-state index in [1.807, 2.05) is 24.3 Å². The quantitative estimate of drug-likeness (QED) is 0.209. The predicted octanol–water partition coefficient (Wildman–Crippen LogP) is 10.0. The van der Waals surface area contributed by atoms with E-state index in [1.54, 1.807) is 0 Å². The molecule has 0 atom stereocenters. The van der Waals surface area contributed by atoms with Crippen molar-refractivity contribution < 1.29 is 4.74 Å². The maximum atomic E-state index is 9.86. The van der Waals surface area contributed by atoms with Crippen LogP contribution in [0.4, 0.5) is 0 Å². The molecule has 0 saturated heterocycles. The Morgan fingerprint density at radius 2 is 1.53 bits per heavy atom. The van der Waals surface area contributed by atoms with E-state index in [-0.39, 0.29) is 5.41 Å². The van der Waals surface area contributed by atoms with Crippen molar-refractivity contribution in [3.05, 3.63) is 137 Å². The summed E-state index contributed by atoms with van der Waals surface area (Å²) < 4.78 is 6.47. The molecule has 9 rings (SSSR count). The van der Waals surface area contributed by atoms with Crippen LogP contribution in [0, 0.1) is 11.3 Å². The van der Waals surface area contributed by atoms with Crippen molar-refractivity contribution in [1.29, 1.82) is 5.26 Å². The van der Waals surface area contributed by atoms with Gasteiger partial charge in [0.15, 0.2) is 5.82 Å². The molecular weight excluding hydrogens is 550 g/mol. The van der Waals surface area contributed by atoms with Crippen molar-refractivity contribution in [1.82, 2.24) is 9.97 Å². The Labute approximate surface area is 262 Å². The van der Waals surface area contributed by atoms with E-state index < -0.39 is 0 Å². The summed E-state index contributed by atoms with van der Waals surface area (Å²) in [5.41, 5.74) is 10.2. The Morgan fingerprint density at radius 3 is 2.38 bits per heavy atom. The summed E-state index contributed by atoms with van der Waals surface area (Å²) >= 11 is 0. The zero-order valence-corrected chi connectivity index (χ0v) is 24.8. The van der Waals surface area contributed by atoms with E-state index in [4.69, 9.17) is 14.7 Å². The second-order valence-corrected chi connectivity index (χ2v) is 12.4. The number of ether oxygens (including phenoxy) is 1. The molecule has 3 aliphatic rings. The molecule has 5 aromatic carbocycles. The number of fused-ring (bicyclic) bond motifs is 4. The highest BCUT2D eigenvalue weighted by atomic mass is 16.5. The molecule has 1 fully saturated rings. The normalized spacial score (nSPS) is 15.4. The van der Waals surface area contributed by atoms with Gasteiger partial charge in [-0.15, -0.1) is 0 Å². The molecule has 1 saturated carbocycles. The number of nitrogens with zero attached hydrogens (tertiary/aromatic N) is 3. The fraction of sp³-hybridized carbons (Fsp3) is 0.146. The topological polar surface area (TPSA) is 58.8 Å². The molecule has 4 nitrogen and oxygen atoms in total. The Kier molecular flexibility index (Phi) is 5.76. The molecule has 1 spiro atoms. The van der Waals surface area contributed by atoms with E-state index in [1.165, 1.54) is 27.5 Å². The largest absolute Gasteiger partial charge is 0.455 e. The molecule has 0 bridgehead atoms. The molecule has 1 aromatic heterocycles. The van der Waals surface area contributed by atoms with Gasteiger partial charge in [0.05, 0.1) is 17.0 Å². The van der Waals surface area contributed by atoms with E-state index in [0.29, 0.717) is 17.1 Å². The lowest BCUT2D eigenvalue weighted by atomic mass is 9.70. The summed E-state index contributed by atoms with van der Waals surface area (Å²) in [6, 6.07) is 38.3. The van der Waals surface area contributed by atoms with Crippen molar-refractivity contribution >= 4 is 16.8 Å². The van der Waals surface area contributed by atoms with Crippen LogP contribution in [0.5, 0.6) is 11.5 Å². The highest BCUT2D eigenvalue weighted by Gasteiger charge is 2.45. The first-order valence-corrected chi connectivity index (χ1v) is 15.7. The van der Waals surface area contributed by atoms with Crippen LogP contribution in [-0.4, -0.2) is 9.97 Å². The lowest BCUT2D eigenvalue weighted by Crippen LogP contribution is -2.28. The summed E-state index contributed by atoms with van der Waals surface area (Å²) in [5, 5.41) is 12.4. The minimum atomic E-state index is -0.184. The van der Waals surface area contributed by atoms with Gasteiger partial charge in [0.1, 0.15) is 17.6 Å². The number of aromatic nitrogens is 2. The molecule has 1 aliphatic heterocycles. The third kappa shape index (κ3) is 4.05. The van der Waals surface area contributed by atoms with E-state index in [0.717, 1.165) is 71.5 Å². The van der Waals surface area contributed by atoms with Crippen LogP contribution >= 0.6 is 0 Å². The van der Waals surface area contributed by atoms with E-state index in [2.05, 4.69) is 97.1 Å². The van der Waals surface area contributed by atoms with E-state index in [9.17, 15) is 5.26 Å². The molecule has 0 radical (unpaired) electrons. The van der Waals surface area contributed by atoms with Crippen LogP contribution in [0.15, 0.2) is 109 Å². The van der Waals surface area contributed by atoms with Gasteiger partial charge in [0.25, 0.3) is 0 Å². The lowest BCUT2D eigenvalue weighted by Gasteiger charge is -2.38. The number of rotatable bonds is 3. The third-order valence-corrected chi connectivity index (χ3v) is 9.89. The maximum Gasteiger partial charge on any atom is 0.160 e. The monoisotopic (exact) mass is 579 g/mol. The Bertz CT molecular complexity index is 2240. The summed E-state index contributed by atoms with van der Waals surface area (Å²) in [6.45, 7) is 0. The van der Waals surface area contributed by atoms with Crippen molar-refractivity contribution in [2.45, 2.75) is 37.5 Å². The van der Waals surface area contributed by atoms with Gasteiger partial charge in [0.2, 0.25) is 0 Å². The molecule has 6 aromatic rings. The smallest absolute Gasteiger partial charge is 0.160 e. The molecule has 2 heterocycles. The van der Waals surface area contributed by atoms with Crippen molar-refractivity contribution in [2.75, 3.05) is 0 Å². The molecule has 0 unspecified atom stereocenters. The van der Waals surface area contributed by atoms with Crippen LogP contribution in [0.2, 0.25) is 0 Å². The summed E-state index contributed by atoms with van der Waals surface area (Å²) in [7, 11) is 0. The average Bonchev–Trinajstić information content (AvgIpc) is 3.59. The van der Waals surface area contributed by atoms with Crippen molar-refractivity contribution in [3.63, 3.8) is 0 Å². The first kappa shape index (κ1) is 25.9. The van der Waals surface area contributed by atoms with Crippen molar-refractivity contribution in [2.24, 2.45) is 0 Å². The first-order valence-electron chi connectivity index (χ1n) is 15.7. The fourth-order valence-electron chi connectivity index (χ4n) is 7.80. The van der Waals surface area contributed by atoms with Gasteiger partial charge in [-0.3, -0.25) is 0 Å². The van der Waals surface area contributed by atoms with Crippen LogP contribution in [-0.2, 0) is 11.8 Å². The highest BCUT2D eigenvalue weighted by Crippen LogP contribution is 2.57. The molecule has 2 aliphatic carbocycles. The van der Waals surface area contributed by atoms with Crippen LogP contribution < -0.4 is 4.74 Å². The number of allylic oxidation sites excluding steroid dienone is 1. The van der Waals surface area contributed by atoms with Gasteiger partial charge < -0.3 is 4.74 Å². The number of para-hydroxylation sites is 1. The van der Waals surface area contributed by atoms with Gasteiger partial charge in [0, 0.05) is 33.2 Å². The number of benzene rings is 5. The molecule has 45 heavy (non-hydrogen) atoms. The standard InChI is InChI=1S/C41H29N3O/c42-25-31-15-8-16-33-39(31)45-37-18-17-30(23-34(37)41(33)19-4-5-20-41)40-43-35(26-9-2-1-3-10-26)24-36(44-40)32-21-28-13-6-11-27-12-7-14-29(22-32)38(27)28/h1-3,6-11,13-18,21-24H,4-5,12,19-20H2. The second-order valence-electron chi connectivity index (χ2n) is 12.4. The molecule has 4 heteroatoms. The lowest BCUT2D eigenvalue weighted by molar-refractivity contribution is 0.393. The summed E-state index contributed by atoms with van der Waals surface area (Å²) in [4.78, 5) is 10.4. The maximum absolute atomic E-state index is 9.86. The summed E-state index contributed by atoms with van der Waals surface area (Å²) in [6.07, 6.45) is 9.79. The van der Waals surface area contributed by atoms with Crippen molar-refractivity contribution in [3.8, 4) is 51.5 Å². The van der Waals surface area contributed by atoms with Gasteiger partial charge in [-0.1, -0.05) is 85.7 Å². The van der Waals surface area contributed by atoms with Gasteiger partial charge in [-0.2, -0.15) is 5.26 Å². The zero-order valence-electron chi connectivity index (χ0n) is 24.8. The number of hydrogen-bond acceptors (Lipinski definition) is 4. The fourth-order valence-corrected chi connectivity index (χ4v) is 7.80. The SMILES string of the molecule is N#Cc1cccc2c1Oc1ccc(-c3nc(-c4ccccc4)cc(-c4cc5c6c(cccc6c4)CC=C5)n3)cc1C21CCCC1. The Hall–Kier alpha value is -5.53. The predicted molar refractivity (Wildman–Crippen MR) is 179 cm³/mol. The average molecular weight is 580 g/mol. The van der Waals surface area contributed by atoms with Crippen LogP contribution in [0.25, 0.3) is 50.8 Å². The van der Waals surface area contributed by atoms with Crippen LogP contribution in [0.1, 0.15) is 53.5 Å². The minimum absolute atomic E-state index is 0.184. The van der Waals surface area contributed by atoms with Gasteiger partial charge in [-0.05, 0) is 83.6 Å². The van der Waals surface area contributed by atoms with E-state index >= 15 is 0 Å². The minimum Gasteiger partial charge on any atom is -0.455 e. The Balaban J connectivity index is 1.24. The molecular formula is C41H29N3O. The zero-order chi connectivity index (χ0) is 30.0. The summed E-state index contributed by atoms with van der Waals surface area (Å²) in [5.74, 6) is 2.23. The number of hydrogen-bond donors (Lipinski definition) is 0. The number of nitriles is 1. The Morgan fingerprint density at radius 1 is 0.711 bits per heavy atom. The molecule has 214 valence electrons. The first-order chi connectivity index (χ1) is 22.2. The van der Waals surface area contributed by atoms with Crippen LogP contribution in [0.3, 0.4) is 0 Å². The van der Waals surface area contributed by atoms with Gasteiger partial charge >= 0.3 is 0 Å². The highest BCUT2D eigenvalue weighted by molar-refractivity contribution is 5.98. The third-order valence-electron chi connectivity index (χ3n) is 9.89. The van der Waals surface area contributed by atoms with Gasteiger partial charge in [-0.25, -0.2) is 9.97 Å². The molecule has 0 N–H and O–H groups in total.